The van der Waals surface area contributed by atoms with Gasteiger partial charge in [-0.2, -0.15) is 0 Å². The number of benzene rings is 1. The van der Waals surface area contributed by atoms with Crippen LogP contribution in [0.3, 0.4) is 0 Å². The normalized spacial score (nSPS) is 20.3. The quantitative estimate of drug-likeness (QED) is 0.920. The lowest BCUT2D eigenvalue weighted by Gasteiger charge is -2.29. The molecule has 4 nitrogen and oxygen atoms in total. The molecule has 1 aromatic carbocycles. The van der Waals surface area contributed by atoms with Gasteiger partial charge < -0.3 is 5.32 Å². The number of piperidine rings is 1. The van der Waals surface area contributed by atoms with Crippen LogP contribution in [-0.4, -0.2) is 33.8 Å². The fourth-order valence-corrected chi connectivity index (χ4v) is 4.31. The second kappa shape index (κ2) is 5.51. The van der Waals surface area contributed by atoms with Crippen LogP contribution in [0.1, 0.15) is 24.0 Å². The van der Waals surface area contributed by atoms with E-state index in [-0.39, 0.29) is 5.25 Å². The summed E-state index contributed by atoms with van der Waals surface area (Å²) in [6, 6.07) is 5.85. The van der Waals surface area contributed by atoms with Gasteiger partial charge in [-0.15, -0.1) is 0 Å². The maximum absolute atomic E-state index is 12.6. The molecule has 5 heteroatoms. The summed E-state index contributed by atoms with van der Waals surface area (Å²) in [6.45, 7) is 5.43. The standard InChI is InChI=1S/C14H22N2O2S/c1-11-6-7-14(12(2)9-11)16(3)19(17,18)13-5-4-8-15-10-13/h6-7,9,13,15H,4-5,8,10H2,1-3H3. The van der Waals surface area contributed by atoms with Crippen molar-refractivity contribution < 1.29 is 8.42 Å². The smallest absolute Gasteiger partial charge is 0.239 e. The largest absolute Gasteiger partial charge is 0.315 e. The molecule has 1 aromatic rings. The zero-order chi connectivity index (χ0) is 14.0. The van der Waals surface area contributed by atoms with Crippen LogP contribution in [0.2, 0.25) is 0 Å². The molecule has 1 N–H and O–H groups in total. The number of rotatable bonds is 3. The van der Waals surface area contributed by atoms with E-state index in [0.29, 0.717) is 6.54 Å². The van der Waals surface area contributed by atoms with E-state index in [1.54, 1.807) is 7.05 Å². The molecule has 0 saturated carbocycles. The van der Waals surface area contributed by atoms with Crippen LogP contribution in [-0.2, 0) is 10.0 Å². The average molecular weight is 282 g/mol. The van der Waals surface area contributed by atoms with E-state index in [9.17, 15) is 8.42 Å². The molecule has 0 radical (unpaired) electrons. The molecule has 1 aliphatic heterocycles. The molecule has 1 saturated heterocycles. The van der Waals surface area contributed by atoms with Crippen molar-refractivity contribution in [2.75, 3.05) is 24.4 Å². The Kier molecular flexibility index (Phi) is 4.16. The van der Waals surface area contributed by atoms with Crippen LogP contribution in [0.5, 0.6) is 0 Å². The van der Waals surface area contributed by atoms with Gasteiger partial charge in [0.15, 0.2) is 0 Å². The van der Waals surface area contributed by atoms with Crippen LogP contribution in [0.25, 0.3) is 0 Å². The van der Waals surface area contributed by atoms with Crippen molar-refractivity contribution in [3.8, 4) is 0 Å². The van der Waals surface area contributed by atoms with Crippen molar-refractivity contribution in [3.05, 3.63) is 29.3 Å². The number of sulfonamides is 1. The molecule has 1 atom stereocenters. The molecular formula is C14H22N2O2S. The molecule has 1 aliphatic rings. The molecule has 2 rings (SSSR count). The van der Waals surface area contributed by atoms with Crippen molar-refractivity contribution in [3.63, 3.8) is 0 Å². The predicted octanol–water partition coefficient (Wildman–Crippen LogP) is 1.82. The molecule has 1 unspecified atom stereocenters. The summed E-state index contributed by atoms with van der Waals surface area (Å²) in [7, 11) is -1.63. The van der Waals surface area contributed by atoms with E-state index in [4.69, 9.17) is 0 Å². The van der Waals surface area contributed by atoms with Gasteiger partial charge in [-0.3, -0.25) is 4.31 Å². The van der Waals surface area contributed by atoms with Crippen molar-refractivity contribution >= 4 is 15.7 Å². The van der Waals surface area contributed by atoms with Gasteiger partial charge in [-0.25, -0.2) is 8.42 Å². The summed E-state index contributed by atoms with van der Waals surface area (Å²) in [5.41, 5.74) is 2.91. The highest BCUT2D eigenvalue weighted by Gasteiger charge is 2.31. The number of nitrogens with zero attached hydrogens (tertiary/aromatic N) is 1. The second-order valence-electron chi connectivity index (χ2n) is 5.27. The predicted molar refractivity (Wildman–Crippen MR) is 79.1 cm³/mol. The van der Waals surface area contributed by atoms with E-state index >= 15 is 0 Å². The zero-order valence-electron chi connectivity index (χ0n) is 11.8. The number of aryl methyl sites for hydroxylation is 2. The maximum Gasteiger partial charge on any atom is 0.239 e. The lowest BCUT2D eigenvalue weighted by Crippen LogP contribution is -2.45. The number of hydrogen-bond donors (Lipinski definition) is 1. The van der Waals surface area contributed by atoms with Crippen LogP contribution < -0.4 is 9.62 Å². The molecule has 1 fully saturated rings. The fraction of sp³-hybridized carbons (Fsp3) is 0.571. The molecule has 0 aliphatic carbocycles. The first-order chi connectivity index (χ1) is 8.93. The molecule has 19 heavy (non-hydrogen) atoms. The molecule has 106 valence electrons. The Hall–Kier alpha value is -1.07. The highest BCUT2D eigenvalue weighted by Crippen LogP contribution is 2.25. The third-order valence-corrected chi connectivity index (χ3v) is 5.95. The average Bonchev–Trinajstić information content (AvgIpc) is 2.39. The Morgan fingerprint density at radius 1 is 1.32 bits per heavy atom. The fourth-order valence-electron chi connectivity index (χ4n) is 2.59. The molecule has 0 spiro atoms. The van der Waals surface area contributed by atoms with Gasteiger partial charge in [0, 0.05) is 13.6 Å². The minimum absolute atomic E-state index is 0.313. The molecule has 0 bridgehead atoms. The van der Waals surface area contributed by atoms with Gasteiger partial charge in [0.25, 0.3) is 0 Å². The number of nitrogens with one attached hydrogen (secondary N) is 1. The Balaban J connectivity index is 2.29. The highest BCUT2D eigenvalue weighted by molar-refractivity contribution is 7.93. The summed E-state index contributed by atoms with van der Waals surface area (Å²) in [4.78, 5) is 0. The molecule has 0 amide bonds. The Bertz CT molecular complexity index is 549. The summed E-state index contributed by atoms with van der Waals surface area (Å²) in [6.07, 6.45) is 1.66. The van der Waals surface area contributed by atoms with Crippen LogP contribution >= 0.6 is 0 Å². The van der Waals surface area contributed by atoms with Crippen LogP contribution in [0.15, 0.2) is 18.2 Å². The van der Waals surface area contributed by atoms with Gasteiger partial charge in [0.2, 0.25) is 10.0 Å². The van der Waals surface area contributed by atoms with Crippen molar-refractivity contribution in [2.24, 2.45) is 0 Å². The van der Waals surface area contributed by atoms with Gasteiger partial charge in [0.1, 0.15) is 0 Å². The summed E-state index contributed by atoms with van der Waals surface area (Å²) in [5, 5.41) is 2.85. The van der Waals surface area contributed by atoms with Crippen LogP contribution in [0.4, 0.5) is 5.69 Å². The Morgan fingerprint density at radius 2 is 2.05 bits per heavy atom. The SMILES string of the molecule is Cc1ccc(N(C)S(=O)(=O)C2CCCNC2)c(C)c1. The highest BCUT2D eigenvalue weighted by atomic mass is 32.2. The summed E-state index contributed by atoms with van der Waals surface area (Å²) in [5.74, 6) is 0. The number of hydrogen-bond acceptors (Lipinski definition) is 3. The van der Waals surface area contributed by atoms with Gasteiger partial charge in [0.05, 0.1) is 10.9 Å². The van der Waals surface area contributed by atoms with Gasteiger partial charge in [-0.05, 0) is 44.9 Å². The Labute approximate surface area is 115 Å². The molecule has 1 heterocycles. The first kappa shape index (κ1) is 14.3. The summed E-state index contributed by atoms with van der Waals surface area (Å²) < 4.78 is 26.7. The first-order valence-electron chi connectivity index (χ1n) is 6.68. The lowest BCUT2D eigenvalue weighted by molar-refractivity contribution is 0.496. The van der Waals surface area contributed by atoms with E-state index in [0.717, 1.165) is 36.2 Å². The van der Waals surface area contributed by atoms with Gasteiger partial charge in [-0.1, -0.05) is 17.7 Å². The topological polar surface area (TPSA) is 49.4 Å². The first-order valence-corrected chi connectivity index (χ1v) is 8.19. The third-order valence-electron chi connectivity index (χ3n) is 3.75. The molecule has 0 aromatic heterocycles. The second-order valence-corrected chi connectivity index (χ2v) is 7.52. The zero-order valence-corrected chi connectivity index (χ0v) is 12.6. The van der Waals surface area contributed by atoms with E-state index in [1.165, 1.54) is 4.31 Å². The Morgan fingerprint density at radius 3 is 2.63 bits per heavy atom. The summed E-state index contributed by atoms with van der Waals surface area (Å²) >= 11 is 0. The molecular weight excluding hydrogens is 260 g/mol. The van der Waals surface area contributed by atoms with E-state index < -0.39 is 10.0 Å². The van der Waals surface area contributed by atoms with Crippen LogP contribution in [0, 0.1) is 13.8 Å². The van der Waals surface area contributed by atoms with Crippen molar-refractivity contribution in [1.29, 1.82) is 0 Å². The third kappa shape index (κ3) is 2.92. The van der Waals surface area contributed by atoms with Gasteiger partial charge >= 0.3 is 0 Å². The monoisotopic (exact) mass is 282 g/mol. The lowest BCUT2D eigenvalue weighted by atomic mass is 10.1. The van der Waals surface area contributed by atoms with Crippen molar-refractivity contribution in [1.82, 2.24) is 5.32 Å². The number of anilines is 1. The minimum Gasteiger partial charge on any atom is -0.315 e. The minimum atomic E-state index is -3.28. The van der Waals surface area contributed by atoms with E-state index in [2.05, 4.69) is 5.32 Å². The maximum atomic E-state index is 12.6. The van der Waals surface area contributed by atoms with Crippen molar-refractivity contribution in [2.45, 2.75) is 31.9 Å². The van der Waals surface area contributed by atoms with E-state index in [1.807, 2.05) is 32.0 Å².